The molecule has 3 fully saturated rings. The van der Waals surface area contributed by atoms with E-state index in [0.717, 1.165) is 72.3 Å². The summed E-state index contributed by atoms with van der Waals surface area (Å²) in [6.45, 7) is 12.2. The van der Waals surface area contributed by atoms with Gasteiger partial charge in [0.05, 0.1) is 17.9 Å². The Hall–Kier alpha value is -3.44. The summed E-state index contributed by atoms with van der Waals surface area (Å²) in [5.41, 5.74) is 14.9. The molecule has 44 heavy (non-hydrogen) atoms. The quantitative estimate of drug-likeness (QED) is 0.0789. The number of primary amides is 1. The lowest BCUT2D eigenvalue weighted by Gasteiger charge is -2.30. The van der Waals surface area contributed by atoms with Crippen molar-refractivity contribution >= 4 is 24.1 Å². The van der Waals surface area contributed by atoms with E-state index in [9.17, 15) is 4.79 Å². The third-order valence-corrected chi connectivity index (χ3v) is 8.33. The number of aromatic nitrogens is 2. The molecule has 2 aromatic rings. The highest BCUT2D eigenvalue weighted by molar-refractivity contribution is 5.89. The molecule has 0 radical (unpaired) electrons. The number of nitrogens with zero attached hydrogens (tertiary/aromatic N) is 3. The van der Waals surface area contributed by atoms with Crippen LogP contribution in [0.4, 0.5) is 5.69 Å². The molecule has 1 amide bonds. The van der Waals surface area contributed by atoms with Gasteiger partial charge in [0.15, 0.2) is 0 Å². The molecule has 2 aliphatic carbocycles. The third-order valence-electron chi connectivity index (χ3n) is 8.33. The highest BCUT2D eigenvalue weighted by Crippen LogP contribution is 2.53. The first kappa shape index (κ1) is 38.6. The zero-order valence-corrected chi connectivity index (χ0v) is 27.8. The number of terminal acetylenes is 1. The van der Waals surface area contributed by atoms with Gasteiger partial charge in [-0.2, -0.15) is 0 Å². The number of hydrogen-bond donors (Lipinski definition) is 3. The van der Waals surface area contributed by atoms with Crippen molar-refractivity contribution < 1.29 is 9.59 Å². The normalized spacial score (nSPS) is 16.1. The molecule has 2 heterocycles. The van der Waals surface area contributed by atoms with Gasteiger partial charge in [-0.05, 0) is 88.5 Å². The van der Waals surface area contributed by atoms with E-state index in [4.69, 9.17) is 10.5 Å². The maximum atomic E-state index is 11.3. The van der Waals surface area contributed by atoms with Crippen LogP contribution >= 0.6 is 0 Å². The fourth-order valence-electron chi connectivity index (χ4n) is 5.06. The lowest BCUT2D eigenvalue weighted by molar-refractivity contribution is -0.118. The molecular weight excluding hydrogens is 548 g/mol. The fourth-order valence-corrected chi connectivity index (χ4v) is 5.06. The van der Waals surface area contributed by atoms with Gasteiger partial charge in [-0.15, -0.1) is 12.8 Å². The van der Waals surface area contributed by atoms with Gasteiger partial charge in [-0.3, -0.25) is 14.6 Å². The van der Waals surface area contributed by atoms with E-state index in [1.807, 2.05) is 45.3 Å². The first-order valence-corrected chi connectivity index (χ1v) is 16.6. The van der Waals surface area contributed by atoms with E-state index in [-0.39, 0.29) is 6.41 Å². The highest BCUT2D eigenvalue weighted by Gasteiger charge is 2.43. The number of amides is 1. The molecule has 0 unspecified atom stereocenters. The number of hydrogen-bond acceptors (Lipinski definition) is 6. The van der Waals surface area contributed by atoms with E-state index < -0.39 is 0 Å². The van der Waals surface area contributed by atoms with Crippen molar-refractivity contribution in [2.24, 2.45) is 16.1 Å². The maximum absolute atomic E-state index is 11.3. The Labute approximate surface area is 266 Å². The van der Waals surface area contributed by atoms with Crippen LogP contribution < -0.4 is 11.5 Å². The molecular formula is C36H58N6O2. The Morgan fingerprint density at radius 2 is 1.73 bits per heavy atom. The average molecular weight is 607 g/mol. The standard InChI is InChI=1S/C22H30N4O.C9H17N.C2H6.C2H2.CH3NO/c1-2-19(27)7-5-3-4-6-8-22-25-15-21(26-22)16-9-12-20(23)17(13-16)14-24-18-10-11-18;1-2-10-7-5-9(3-4-9)6-8-10;2*1-2;2-1-3/h9,12-15,18H,2-8,10-11,23H2,1H3,(H,25,26);2-8H2,1H3;1-2H3;1-2H;1H,(H2,2,3). The molecule has 1 spiro atoms. The van der Waals surface area contributed by atoms with Gasteiger partial charge >= 0.3 is 0 Å². The lowest BCUT2D eigenvalue weighted by atomic mass is 9.94. The van der Waals surface area contributed by atoms with E-state index in [1.165, 1.54) is 58.2 Å². The Kier molecular flexibility index (Phi) is 19.4. The van der Waals surface area contributed by atoms with Crippen molar-refractivity contribution in [3.63, 3.8) is 0 Å². The molecule has 2 saturated carbocycles. The number of nitrogens with two attached hydrogens (primary N) is 2. The summed E-state index contributed by atoms with van der Waals surface area (Å²) in [7, 11) is 0. The summed E-state index contributed by atoms with van der Waals surface area (Å²) in [6, 6.07) is 6.52. The van der Waals surface area contributed by atoms with Crippen LogP contribution in [-0.4, -0.2) is 59.0 Å². The number of rotatable bonds is 12. The minimum absolute atomic E-state index is 0.250. The van der Waals surface area contributed by atoms with Crippen molar-refractivity contribution in [3.8, 4) is 24.1 Å². The Morgan fingerprint density at radius 3 is 2.30 bits per heavy atom. The number of anilines is 1. The van der Waals surface area contributed by atoms with E-state index in [0.29, 0.717) is 18.2 Å². The van der Waals surface area contributed by atoms with Crippen molar-refractivity contribution in [1.82, 2.24) is 14.9 Å². The van der Waals surface area contributed by atoms with E-state index in [1.54, 1.807) is 0 Å². The number of carbonyl (C=O) groups is 2. The number of likely N-dealkylation sites (tertiary alicyclic amines) is 1. The van der Waals surface area contributed by atoms with Crippen LogP contribution in [0.25, 0.3) is 11.3 Å². The van der Waals surface area contributed by atoms with Crippen molar-refractivity contribution in [2.75, 3.05) is 25.4 Å². The second-order valence-corrected chi connectivity index (χ2v) is 11.5. The van der Waals surface area contributed by atoms with Gasteiger partial charge in [0.25, 0.3) is 0 Å². The van der Waals surface area contributed by atoms with Crippen molar-refractivity contribution in [1.29, 1.82) is 0 Å². The van der Waals surface area contributed by atoms with Gasteiger partial charge < -0.3 is 21.4 Å². The molecule has 8 nitrogen and oxygen atoms in total. The summed E-state index contributed by atoms with van der Waals surface area (Å²) >= 11 is 0. The summed E-state index contributed by atoms with van der Waals surface area (Å²) in [4.78, 5) is 34.9. The van der Waals surface area contributed by atoms with E-state index in [2.05, 4.69) is 51.4 Å². The number of aromatic amines is 1. The number of aryl methyl sites for hydroxylation is 1. The van der Waals surface area contributed by atoms with Crippen LogP contribution in [0.15, 0.2) is 29.4 Å². The number of benzene rings is 1. The number of nitrogen functional groups attached to an aromatic ring is 1. The maximum Gasteiger partial charge on any atom is 0.204 e. The Morgan fingerprint density at radius 1 is 1.09 bits per heavy atom. The molecule has 1 aliphatic heterocycles. The molecule has 244 valence electrons. The van der Waals surface area contributed by atoms with Gasteiger partial charge in [-0.1, -0.05) is 46.6 Å². The molecule has 8 heteroatoms. The number of carbonyl (C=O) groups excluding carboxylic acids is 2. The number of aliphatic imine (C=N–C) groups is 1. The zero-order chi connectivity index (χ0) is 32.8. The number of nitrogens with one attached hydrogen (secondary N) is 1. The van der Waals surface area contributed by atoms with Gasteiger partial charge in [0.1, 0.15) is 11.6 Å². The predicted molar refractivity (Wildman–Crippen MR) is 186 cm³/mol. The van der Waals surface area contributed by atoms with Gasteiger partial charge in [0, 0.05) is 42.3 Å². The highest BCUT2D eigenvalue weighted by atomic mass is 16.1. The zero-order valence-electron chi connectivity index (χ0n) is 27.8. The van der Waals surface area contributed by atoms with Crippen molar-refractivity contribution in [2.45, 2.75) is 117 Å². The molecule has 0 bridgehead atoms. The second kappa shape index (κ2) is 22.1. The molecule has 1 aromatic heterocycles. The summed E-state index contributed by atoms with van der Waals surface area (Å²) < 4.78 is 0. The lowest BCUT2D eigenvalue weighted by Crippen LogP contribution is -2.34. The van der Waals surface area contributed by atoms with Crippen LogP contribution in [0.5, 0.6) is 0 Å². The molecule has 5 rings (SSSR count). The van der Waals surface area contributed by atoms with Crippen LogP contribution in [-0.2, 0) is 16.0 Å². The minimum Gasteiger partial charge on any atom is -0.398 e. The first-order valence-electron chi connectivity index (χ1n) is 16.6. The fraction of sp³-hybridized carbons (Fsp3) is 0.611. The number of unbranched alkanes of at least 4 members (excludes halogenated alkanes) is 3. The molecule has 1 saturated heterocycles. The largest absolute Gasteiger partial charge is 0.398 e. The van der Waals surface area contributed by atoms with E-state index >= 15 is 0 Å². The average Bonchev–Trinajstić information content (AvgIpc) is 3.99. The number of piperidine rings is 1. The van der Waals surface area contributed by atoms with Crippen LogP contribution in [0, 0.1) is 18.3 Å². The molecule has 1 aromatic carbocycles. The SMILES string of the molecule is C#C.CC.CCC(=O)CCCCCCc1ncc(-c2ccc(N)c(C=NC3CC3)c2)[nH]1.CCN1CCC2(CC1)CC2.NC=O. The summed E-state index contributed by atoms with van der Waals surface area (Å²) in [5.74, 6) is 1.38. The van der Waals surface area contributed by atoms with Crippen LogP contribution in [0.3, 0.4) is 0 Å². The van der Waals surface area contributed by atoms with Crippen LogP contribution in [0.2, 0.25) is 0 Å². The summed E-state index contributed by atoms with van der Waals surface area (Å²) in [5, 5.41) is 0. The molecule has 3 aliphatic rings. The third kappa shape index (κ3) is 14.8. The van der Waals surface area contributed by atoms with Crippen LogP contribution in [0.1, 0.15) is 116 Å². The predicted octanol–water partition coefficient (Wildman–Crippen LogP) is 6.97. The Bertz CT molecular complexity index is 1120. The topological polar surface area (TPSA) is 130 Å². The first-order chi connectivity index (χ1) is 21.4. The molecule has 0 atom stereocenters. The van der Waals surface area contributed by atoms with Crippen molar-refractivity contribution in [3.05, 3.63) is 35.8 Å². The summed E-state index contributed by atoms with van der Waals surface area (Å²) in [6.07, 6.45) is 27.1. The van der Waals surface area contributed by atoms with Gasteiger partial charge in [0.2, 0.25) is 6.41 Å². The monoisotopic (exact) mass is 606 g/mol. The smallest absolute Gasteiger partial charge is 0.204 e. The Balaban J connectivity index is 0.000000468. The number of Topliss-reactive ketones (excluding diaryl/α,β-unsaturated/α-hetero) is 1. The minimum atomic E-state index is 0.250. The van der Waals surface area contributed by atoms with Gasteiger partial charge in [-0.25, -0.2) is 4.98 Å². The second-order valence-electron chi connectivity index (χ2n) is 11.5. The number of imidazole rings is 1. The number of H-pyrrole nitrogens is 1. The molecule has 5 N–H and O–H groups in total. The number of ketones is 1.